The predicted molar refractivity (Wildman–Crippen MR) is 147 cm³/mol. The van der Waals surface area contributed by atoms with Crippen LogP contribution < -0.4 is 0 Å². The minimum Gasteiger partial charge on any atom is -0.368 e. The summed E-state index contributed by atoms with van der Waals surface area (Å²) in [5, 5.41) is 11.7. The van der Waals surface area contributed by atoms with Gasteiger partial charge in [-0.15, -0.1) is 12.3 Å². The number of alkyl halides is 1. The van der Waals surface area contributed by atoms with Crippen molar-refractivity contribution in [1.29, 1.82) is 0 Å². The van der Waals surface area contributed by atoms with Crippen LogP contribution in [-0.4, -0.2) is 39.7 Å². The van der Waals surface area contributed by atoms with Crippen LogP contribution in [0.5, 0.6) is 0 Å². The second-order valence-corrected chi connectivity index (χ2v) is 9.66. The van der Waals surface area contributed by atoms with Gasteiger partial charge in [-0.2, -0.15) is 0 Å². The van der Waals surface area contributed by atoms with Crippen molar-refractivity contribution < 1.29 is 24.1 Å². The van der Waals surface area contributed by atoms with Gasteiger partial charge in [0.2, 0.25) is 5.79 Å². The Balaban J connectivity index is 1.63. The molecule has 1 aliphatic heterocycles. The first-order valence-electron chi connectivity index (χ1n) is 12.0. The highest BCUT2D eigenvalue weighted by Crippen LogP contribution is 2.37. The van der Waals surface area contributed by atoms with Crippen molar-refractivity contribution in [2.24, 2.45) is 0 Å². The first kappa shape index (κ1) is 26.8. The lowest BCUT2D eigenvalue weighted by molar-refractivity contribution is -0.360. The molecule has 0 bridgehead atoms. The Labute approximate surface area is 226 Å². The van der Waals surface area contributed by atoms with E-state index in [1.807, 2.05) is 91.0 Å². The monoisotopic (exact) mass is 598 g/mol. The zero-order chi connectivity index (χ0) is 25.2. The highest BCUT2D eigenvalue weighted by molar-refractivity contribution is 14.1. The normalized spacial score (nSPS) is 25.8. The largest absolute Gasteiger partial charge is 0.368 e. The lowest BCUT2D eigenvalue weighted by Gasteiger charge is -2.49. The molecule has 3 aromatic rings. The van der Waals surface area contributed by atoms with E-state index >= 15 is 0 Å². The minimum absolute atomic E-state index is 0.0315. The maximum atomic E-state index is 11.7. The number of hydrogen-bond donors (Lipinski definition) is 1. The Bertz CT molecular complexity index is 1090. The van der Waals surface area contributed by atoms with Gasteiger partial charge in [0, 0.05) is 4.43 Å². The fourth-order valence-corrected chi connectivity index (χ4v) is 5.03. The van der Waals surface area contributed by atoms with Gasteiger partial charge >= 0.3 is 0 Å². The van der Waals surface area contributed by atoms with Crippen molar-refractivity contribution >= 4 is 22.6 Å². The summed E-state index contributed by atoms with van der Waals surface area (Å²) in [6, 6.07) is 29.7. The third-order valence-electron chi connectivity index (χ3n) is 6.14. The van der Waals surface area contributed by atoms with Crippen molar-refractivity contribution in [1.82, 2.24) is 0 Å². The van der Waals surface area contributed by atoms with E-state index in [1.165, 1.54) is 0 Å². The second kappa shape index (κ2) is 13.3. The Kier molecular flexibility index (Phi) is 9.93. The molecule has 188 valence electrons. The van der Waals surface area contributed by atoms with E-state index in [0.29, 0.717) is 17.6 Å². The van der Waals surface area contributed by atoms with Gasteiger partial charge in [0.25, 0.3) is 0 Å². The zero-order valence-corrected chi connectivity index (χ0v) is 22.2. The van der Waals surface area contributed by atoms with E-state index in [0.717, 1.165) is 16.7 Å². The van der Waals surface area contributed by atoms with Crippen molar-refractivity contribution in [3.8, 4) is 12.3 Å². The summed E-state index contributed by atoms with van der Waals surface area (Å²) in [4.78, 5) is 0. The zero-order valence-electron chi connectivity index (χ0n) is 20.0. The molecule has 5 atom stereocenters. The van der Waals surface area contributed by atoms with E-state index in [4.69, 9.17) is 25.4 Å². The second-order valence-electron chi connectivity index (χ2n) is 8.78. The first-order chi connectivity index (χ1) is 17.6. The van der Waals surface area contributed by atoms with E-state index in [1.54, 1.807) is 0 Å². The Morgan fingerprint density at radius 1 is 0.750 bits per heavy atom. The summed E-state index contributed by atoms with van der Waals surface area (Å²) in [7, 11) is 0. The molecular weight excluding hydrogens is 567 g/mol. The van der Waals surface area contributed by atoms with Gasteiger partial charge in [-0.05, 0) is 16.7 Å². The highest BCUT2D eigenvalue weighted by atomic mass is 127. The molecule has 5 nitrogen and oxygen atoms in total. The molecule has 36 heavy (non-hydrogen) atoms. The van der Waals surface area contributed by atoms with Crippen LogP contribution >= 0.6 is 22.6 Å². The van der Waals surface area contributed by atoms with Crippen molar-refractivity contribution in [3.63, 3.8) is 0 Å². The highest BCUT2D eigenvalue weighted by Gasteiger charge is 2.55. The third kappa shape index (κ3) is 6.94. The molecule has 3 aromatic carbocycles. The molecule has 0 aromatic heterocycles. The van der Waals surface area contributed by atoms with E-state index in [9.17, 15) is 5.11 Å². The number of benzene rings is 3. The van der Waals surface area contributed by atoms with E-state index in [2.05, 4.69) is 28.5 Å². The minimum atomic E-state index is -1.71. The van der Waals surface area contributed by atoms with Crippen LogP contribution in [0, 0.1) is 12.3 Å². The third-order valence-corrected chi connectivity index (χ3v) is 7.01. The molecule has 1 aliphatic rings. The standard InChI is InChI=1S/C30H31IO5/c1-2-18-30(32)29(35-22-25-16-10-5-11-17-25)28(34-21-24-14-8-4-9-15-24)27(26(19-31)36-30)33-20-23-12-6-3-7-13-23/h1,3-17,26-29,32H,18-22H2/t26-,27-,28+,29-,30?/m1/s1. The quantitative estimate of drug-likeness (QED) is 0.185. The lowest BCUT2D eigenvalue weighted by atomic mass is 9.90. The summed E-state index contributed by atoms with van der Waals surface area (Å²) in [5.74, 6) is 0.849. The fraction of sp³-hybridized carbons (Fsp3) is 0.333. The molecule has 0 aliphatic carbocycles. The van der Waals surface area contributed by atoms with Crippen LogP contribution in [0.2, 0.25) is 0 Å². The molecule has 0 radical (unpaired) electrons. The summed E-state index contributed by atoms with van der Waals surface area (Å²) in [6.07, 6.45) is 3.22. The van der Waals surface area contributed by atoms with Crippen LogP contribution in [0.3, 0.4) is 0 Å². The number of rotatable bonds is 11. The van der Waals surface area contributed by atoms with E-state index < -0.39 is 30.2 Å². The van der Waals surface area contributed by atoms with E-state index in [-0.39, 0.29) is 13.0 Å². The molecule has 4 rings (SSSR count). The van der Waals surface area contributed by atoms with Crippen molar-refractivity contribution in [2.75, 3.05) is 4.43 Å². The van der Waals surface area contributed by atoms with Gasteiger partial charge in [-0.25, -0.2) is 0 Å². The van der Waals surface area contributed by atoms with Gasteiger partial charge in [0.15, 0.2) is 0 Å². The molecule has 1 fully saturated rings. The summed E-state index contributed by atoms with van der Waals surface area (Å²) in [5.41, 5.74) is 3.02. The fourth-order valence-electron chi connectivity index (χ4n) is 4.35. The van der Waals surface area contributed by atoms with Crippen LogP contribution in [-0.2, 0) is 38.8 Å². The average molecular weight is 598 g/mol. The molecular formula is C30H31IO5. The maximum Gasteiger partial charge on any atom is 0.206 e. The lowest BCUT2D eigenvalue weighted by Crippen LogP contribution is -2.66. The van der Waals surface area contributed by atoms with Crippen LogP contribution in [0.4, 0.5) is 0 Å². The Morgan fingerprint density at radius 3 is 1.64 bits per heavy atom. The molecule has 1 saturated heterocycles. The van der Waals surface area contributed by atoms with Gasteiger partial charge < -0.3 is 24.1 Å². The van der Waals surface area contributed by atoms with Crippen molar-refractivity contribution in [2.45, 2.75) is 56.4 Å². The van der Waals surface area contributed by atoms with Crippen LogP contribution in [0.1, 0.15) is 23.1 Å². The summed E-state index contributed by atoms with van der Waals surface area (Å²) in [6.45, 7) is 0.988. The molecule has 0 amide bonds. The Hall–Kier alpha value is -2.25. The number of halogens is 1. The number of aliphatic hydroxyl groups is 1. The van der Waals surface area contributed by atoms with Gasteiger partial charge in [0.1, 0.15) is 18.3 Å². The molecule has 0 spiro atoms. The topological polar surface area (TPSA) is 57.2 Å². The van der Waals surface area contributed by atoms with Gasteiger partial charge in [0.05, 0.1) is 32.3 Å². The molecule has 0 saturated carbocycles. The van der Waals surface area contributed by atoms with Crippen LogP contribution in [0.15, 0.2) is 91.0 Å². The summed E-state index contributed by atoms with van der Waals surface area (Å²) < 4.78 is 26.1. The molecule has 1 unspecified atom stereocenters. The Morgan fingerprint density at radius 2 is 1.19 bits per heavy atom. The number of ether oxygens (including phenoxy) is 4. The van der Waals surface area contributed by atoms with Crippen LogP contribution in [0.25, 0.3) is 0 Å². The van der Waals surface area contributed by atoms with Crippen molar-refractivity contribution in [3.05, 3.63) is 108 Å². The summed E-state index contributed by atoms with van der Waals surface area (Å²) >= 11 is 2.25. The maximum absolute atomic E-state index is 11.7. The predicted octanol–water partition coefficient (Wildman–Crippen LogP) is 5.29. The SMILES string of the molecule is C#CCC1(O)O[C@H](CI)[C@@H](OCc2ccccc2)[C@H](OCc2ccccc2)[C@H]1OCc1ccccc1. The molecule has 1 N–H and O–H groups in total. The number of hydrogen-bond acceptors (Lipinski definition) is 5. The van der Waals surface area contributed by atoms with Gasteiger partial charge in [-0.3, -0.25) is 0 Å². The smallest absolute Gasteiger partial charge is 0.206 e. The molecule has 1 heterocycles. The van der Waals surface area contributed by atoms with Gasteiger partial charge in [-0.1, -0.05) is 114 Å². The average Bonchev–Trinajstić information content (AvgIpc) is 2.92. The molecule has 6 heteroatoms. The first-order valence-corrected chi connectivity index (χ1v) is 13.5. The number of terminal acetylenes is 1.